The SMILES string of the molecule is [H-].[H-].[Si]=[Zr].[c-]1ccccc1.[c-]1ccccc1.c1ccc2[cH-]ccc2c1.c1ccc2[cH-]ccc2c1. The molecular formula is C30H26SiZr-6. The first-order chi connectivity index (χ1) is 15.9. The number of rotatable bonds is 0. The second-order valence-electron chi connectivity index (χ2n) is 6.46. The van der Waals surface area contributed by atoms with Crippen LogP contribution in [0.4, 0.5) is 0 Å². The van der Waals surface area contributed by atoms with Crippen molar-refractivity contribution in [1.29, 1.82) is 0 Å². The Morgan fingerprint density at radius 3 is 1.16 bits per heavy atom. The predicted molar refractivity (Wildman–Crippen MR) is 138 cm³/mol. The third kappa shape index (κ3) is 10.0. The normalized spacial score (nSPS) is 8.84. The van der Waals surface area contributed by atoms with Crippen LogP contribution in [0.25, 0.3) is 21.5 Å². The van der Waals surface area contributed by atoms with Crippen LogP contribution in [0.5, 0.6) is 0 Å². The molecule has 6 rings (SSSR count). The van der Waals surface area contributed by atoms with E-state index in [1.807, 2.05) is 60.7 Å². The minimum Gasteiger partial charge on any atom is -0.184 e. The number of hydrogen-bond donors (Lipinski definition) is 0. The van der Waals surface area contributed by atoms with E-state index in [9.17, 15) is 0 Å². The van der Waals surface area contributed by atoms with Gasteiger partial charge in [-0.3, -0.25) is 0 Å². The van der Waals surface area contributed by atoms with Crippen molar-refractivity contribution in [2.75, 3.05) is 0 Å². The maximum Gasteiger partial charge on any atom is -0.0809 e. The van der Waals surface area contributed by atoms with Crippen molar-refractivity contribution in [2.24, 2.45) is 0 Å². The van der Waals surface area contributed by atoms with Crippen LogP contribution in [0.2, 0.25) is 0 Å². The van der Waals surface area contributed by atoms with Gasteiger partial charge in [-0.2, -0.15) is 108 Å². The van der Waals surface area contributed by atoms with Crippen LogP contribution in [-0.2, 0) is 23.3 Å². The van der Waals surface area contributed by atoms with Crippen molar-refractivity contribution in [3.8, 4) is 0 Å². The van der Waals surface area contributed by atoms with E-state index in [0.717, 1.165) is 0 Å². The summed E-state index contributed by atoms with van der Waals surface area (Å²) in [6.07, 6.45) is 0. The van der Waals surface area contributed by atoms with Crippen LogP contribution in [0.3, 0.4) is 0 Å². The number of benzene rings is 4. The molecule has 0 unspecified atom stereocenters. The van der Waals surface area contributed by atoms with E-state index in [4.69, 9.17) is 0 Å². The van der Waals surface area contributed by atoms with Crippen LogP contribution in [0.15, 0.2) is 146 Å². The molecule has 0 fully saturated rings. The quantitative estimate of drug-likeness (QED) is 0.145. The molecule has 0 aliphatic rings. The molecule has 0 spiro atoms. The van der Waals surface area contributed by atoms with Gasteiger partial charge >= 0.3 is 30.2 Å². The Morgan fingerprint density at radius 2 is 0.875 bits per heavy atom. The monoisotopic (exact) mass is 504 g/mol. The van der Waals surface area contributed by atoms with E-state index < -0.39 is 0 Å². The van der Waals surface area contributed by atoms with Gasteiger partial charge in [0.05, 0.1) is 0 Å². The summed E-state index contributed by atoms with van der Waals surface area (Å²) in [5, 5.41) is 5.32. The molecule has 160 valence electrons. The molecule has 0 aliphatic carbocycles. The fourth-order valence-corrected chi connectivity index (χ4v) is 2.82. The van der Waals surface area contributed by atoms with Gasteiger partial charge in [-0.15, -0.1) is 59.3 Å². The van der Waals surface area contributed by atoms with E-state index in [0.29, 0.717) is 0 Å². The van der Waals surface area contributed by atoms with Crippen molar-refractivity contribution in [1.82, 2.24) is 0 Å². The molecule has 2 radical (unpaired) electrons. The molecule has 0 aromatic heterocycles. The Balaban J connectivity index is 0.000000416. The summed E-state index contributed by atoms with van der Waals surface area (Å²) in [4.78, 5) is 0. The molecule has 0 nitrogen and oxygen atoms in total. The number of hydrogen-bond acceptors (Lipinski definition) is 0. The van der Waals surface area contributed by atoms with E-state index >= 15 is 0 Å². The minimum absolute atomic E-state index is 0. The Labute approximate surface area is 211 Å². The molecular weight excluding hydrogens is 480 g/mol. The van der Waals surface area contributed by atoms with Crippen LogP contribution in [0, 0.1) is 12.1 Å². The summed E-state index contributed by atoms with van der Waals surface area (Å²) in [5.74, 6) is 0. The summed E-state index contributed by atoms with van der Waals surface area (Å²) >= 11 is 1.36. The molecule has 6 aromatic rings. The Morgan fingerprint density at radius 1 is 0.500 bits per heavy atom. The molecule has 0 amide bonds. The number of fused-ring (bicyclic) bond motifs is 2. The maximum absolute atomic E-state index is 3.06. The zero-order chi connectivity index (χ0) is 22.7. The molecule has 0 heterocycles. The van der Waals surface area contributed by atoms with Crippen molar-refractivity contribution < 1.29 is 26.2 Å². The maximum atomic E-state index is 3.06. The summed E-state index contributed by atoms with van der Waals surface area (Å²) in [7, 11) is 0. The van der Waals surface area contributed by atoms with Crippen molar-refractivity contribution in [2.45, 2.75) is 0 Å². The molecule has 2 heteroatoms. The van der Waals surface area contributed by atoms with Crippen LogP contribution >= 0.6 is 0 Å². The van der Waals surface area contributed by atoms with Gasteiger partial charge in [0.1, 0.15) is 0 Å². The third-order valence-corrected chi connectivity index (χ3v) is 4.31. The first-order valence-electron chi connectivity index (χ1n) is 10.2. The Kier molecular flexibility index (Phi) is 13.4. The average Bonchev–Trinajstić information content (AvgIpc) is 3.58. The van der Waals surface area contributed by atoms with Crippen molar-refractivity contribution in [3.63, 3.8) is 0 Å². The molecule has 0 bridgehead atoms. The Hall–Kier alpha value is -2.80. The molecule has 6 aromatic carbocycles. The van der Waals surface area contributed by atoms with Gasteiger partial charge in [0.25, 0.3) is 0 Å². The zero-order valence-corrected chi connectivity index (χ0v) is 21.3. The summed E-state index contributed by atoms with van der Waals surface area (Å²) < 4.78 is 0. The first kappa shape index (κ1) is 25.5. The summed E-state index contributed by atoms with van der Waals surface area (Å²) in [6.45, 7) is 3.06. The van der Waals surface area contributed by atoms with Crippen molar-refractivity contribution >= 4 is 28.4 Å². The third-order valence-electron chi connectivity index (χ3n) is 4.31. The average molecular weight is 506 g/mol. The van der Waals surface area contributed by atoms with Crippen LogP contribution in [0.1, 0.15) is 2.85 Å². The molecule has 32 heavy (non-hydrogen) atoms. The van der Waals surface area contributed by atoms with Gasteiger partial charge in [0.15, 0.2) is 0 Å². The second kappa shape index (κ2) is 16.8. The van der Waals surface area contributed by atoms with E-state index in [1.54, 1.807) is 0 Å². The molecule has 0 atom stereocenters. The smallest absolute Gasteiger partial charge is 0.0809 e. The van der Waals surface area contributed by atoms with Crippen molar-refractivity contribution in [3.05, 3.63) is 158 Å². The molecule has 0 saturated carbocycles. The fourth-order valence-electron chi connectivity index (χ4n) is 2.82. The van der Waals surface area contributed by atoms with Gasteiger partial charge in [-0.25, -0.2) is 0 Å². The zero-order valence-electron chi connectivity index (χ0n) is 19.9. The minimum atomic E-state index is 0. The summed E-state index contributed by atoms with van der Waals surface area (Å²) in [6, 6.07) is 54.3. The molecule has 0 aliphatic heterocycles. The van der Waals surface area contributed by atoms with Gasteiger partial charge in [-0.1, -0.05) is 12.1 Å². The first-order valence-corrected chi connectivity index (χ1v) is 14.4. The second-order valence-corrected chi connectivity index (χ2v) is 6.46. The van der Waals surface area contributed by atoms with E-state index in [1.165, 1.54) is 44.9 Å². The fraction of sp³-hybridized carbons (Fsp3) is 0. The summed E-state index contributed by atoms with van der Waals surface area (Å²) in [5.41, 5.74) is 0. The largest absolute Gasteiger partial charge is 0.184 e. The van der Waals surface area contributed by atoms with Crippen LogP contribution in [-0.4, -0.2) is 6.88 Å². The predicted octanol–water partition coefficient (Wildman–Crippen LogP) is 7.93. The standard InChI is InChI=1S/2C9H7.2C6H5.Si.Zr.2H/c2*1-2-5-9-7-3-6-8(9)4-1;2*1-2-4-6-5-3-1;;;;/h2*1-7H;2*1-5H;;;;/q4*-1;;;2*-1. The van der Waals surface area contributed by atoms with Gasteiger partial charge in [0, 0.05) is 0 Å². The van der Waals surface area contributed by atoms with Gasteiger partial charge < -0.3 is 2.85 Å². The topological polar surface area (TPSA) is 0 Å². The molecule has 0 N–H and O–H groups in total. The molecule has 0 saturated heterocycles. The van der Waals surface area contributed by atoms with E-state index in [-0.39, 0.29) is 2.85 Å². The van der Waals surface area contributed by atoms with E-state index in [2.05, 4.69) is 104 Å². The van der Waals surface area contributed by atoms with Crippen LogP contribution < -0.4 is 0 Å². The van der Waals surface area contributed by atoms with Gasteiger partial charge in [0.2, 0.25) is 0 Å². The van der Waals surface area contributed by atoms with Gasteiger partial charge in [-0.05, 0) is 0 Å². The Bertz CT molecular complexity index is 1010.